The predicted octanol–water partition coefficient (Wildman–Crippen LogP) is 1.67. The summed E-state index contributed by atoms with van der Waals surface area (Å²) in [4.78, 5) is 13.8. The summed E-state index contributed by atoms with van der Waals surface area (Å²) >= 11 is 0. The van der Waals surface area contributed by atoms with E-state index < -0.39 is 0 Å². The average molecular weight is 263 g/mol. The van der Waals surface area contributed by atoms with Crippen LogP contribution in [0.5, 0.6) is 5.75 Å². The van der Waals surface area contributed by atoms with Crippen molar-refractivity contribution in [3.05, 3.63) is 29.3 Å². The number of hydrogen-bond acceptors (Lipinski definition) is 3. The molecule has 4 nitrogen and oxygen atoms in total. The lowest BCUT2D eigenvalue weighted by atomic mass is 10.1. The first-order valence-corrected chi connectivity index (χ1v) is 6.72. The lowest BCUT2D eigenvalue weighted by Gasteiger charge is -2.23. The molecule has 1 aliphatic rings. The van der Waals surface area contributed by atoms with Gasteiger partial charge in [0, 0.05) is 6.54 Å². The highest BCUT2D eigenvalue weighted by atomic mass is 16.5. The van der Waals surface area contributed by atoms with Gasteiger partial charge < -0.3 is 14.7 Å². The fourth-order valence-electron chi connectivity index (χ4n) is 2.39. The van der Waals surface area contributed by atoms with Crippen molar-refractivity contribution >= 4 is 5.91 Å². The number of aliphatic hydroxyl groups is 1. The molecular weight excluding hydrogens is 242 g/mol. The highest BCUT2D eigenvalue weighted by molar-refractivity contribution is 5.78. The highest BCUT2D eigenvalue weighted by Crippen LogP contribution is 2.19. The van der Waals surface area contributed by atoms with Crippen LogP contribution in [-0.2, 0) is 4.79 Å². The monoisotopic (exact) mass is 263 g/mol. The van der Waals surface area contributed by atoms with E-state index in [1.165, 1.54) is 5.56 Å². The lowest BCUT2D eigenvalue weighted by Crippen LogP contribution is -2.40. The second-order valence-corrected chi connectivity index (χ2v) is 5.10. The van der Waals surface area contributed by atoms with Crippen LogP contribution in [0.4, 0.5) is 0 Å². The van der Waals surface area contributed by atoms with Crippen LogP contribution < -0.4 is 4.74 Å². The smallest absolute Gasteiger partial charge is 0.260 e. The maximum atomic E-state index is 12.0. The van der Waals surface area contributed by atoms with Crippen LogP contribution in [0.25, 0.3) is 0 Å². The van der Waals surface area contributed by atoms with Crippen LogP contribution in [0.15, 0.2) is 18.2 Å². The predicted molar refractivity (Wildman–Crippen MR) is 73.2 cm³/mol. The summed E-state index contributed by atoms with van der Waals surface area (Å²) in [6, 6.07) is 5.77. The largest absolute Gasteiger partial charge is 0.484 e. The van der Waals surface area contributed by atoms with E-state index in [0.29, 0.717) is 0 Å². The molecule has 1 atom stereocenters. The number of aliphatic hydroxyl groups excluding tert-OH is 1. The molecule has 0 unspecified atom stereocenters. The van der Waals surface area contributed by atoms with Crippen LogP contribution >= 0.6 is 0 Å². The molecule has 0 saturated carbocycles. The van der Waals surface area contributed by atoms with Gasteiger partial charge in [-0.3, -0.25) is 4.79 Å². The van der Waals surface area contributed by atoms with Crippen molar-refractivity contribution in [1.82, 2.24) is 4.90 Å². The van der Waals surface area contributed by atoms with E-state index in [4.69, 9.17) is 4.74 Å². The van der Waals surface area contributed by atoms with E-state index >= 15 is 0 Å². The van der Waals surface area contributed by atoms with Gasteiger partial charge in [-0.05, 0) is 49.9 Å². The highest BCUT2D eigenvalue weighted by Gasteiger charge is 2.28. The number of rotatable bonds is 4. The molecule has 0 aromatic heterocycles. The molecule has 0 radical (unpaired) electrons. The summed E-state index contributed by atoms with van der Waals surface area (Å²) in [7, 11) is 0. The summed E-state index contributed by atoms with van der Waals surface area (Å²) < 4.78 is 5.54. The van der Waals surface area contributed by atoms with Crippen molar-refractivity contribution in [3.63, 3.8) is 0 Å². The van der Waals surface area contributed by atoms with E-state index in [-0.39, 0.29) is 25.2 Å². The molecule has 1 aromatic carbocycles. The van der Waals surface area contributed by atoms with Crippen LogP contribution in [0.2, 0.25) is 0 Å². The van der Waals surface area contributed by atoms with Gasteiger partial charge in [0.1, 0.15) is 5.75 Å². The average Bonchev–Trinajstić information content (AvgIpc) is 2.88. The number of ether oxygens (including phenoxy) is 1. The third-order valence-electron chi connectivity index (χ3n) is 3.75. The SMILES string of the molecule is Cc1ccc(OCC(=O)N2CCC[C@@H]2CO)cc1C. The van der Waals surface area contributed by atoms with Gasteiger partial charge >= 0.3 is 0 Å². The van der Waals surface area contributed by atoms with Gasteiger partial charge in [0.2, 0.25) is 0 Å². The van der Waals surface area contributed by atoms with E-state index in [9.17, 15) is 9.90 Å². The maximum Gasteiger partial charge on any atom is 0.260 e. The Labute approximate surface area is 114 Å². The number of aryl methyl sites for hydroxylation is 2. The minimum atomic E-state index is -0.0465. The zero-order valence-electron chi connectivity index (χ0n) is 11.6. The standard InChI is InChI=1S/C15H21NO3/c1-11-5-6-14(8-12(11)2)19-10-15(18)16-7-3-4-13(16)9-17/h5-6,8,13,17H,3-4,7,9-10H2,1-2H3/t13-/m1/s1. The first-order chi connectivity index (χ1) is 9.11. The van der Waals surface area contributed by atoms with Gasteiger partial charge in [-0.1, -0.05) is 6.07 Å². The molecular formula is C15H21NO3. The lowest BCUT2D eigenvalue weighted by molar-refractivity contribution is -0.134. The Kier molecular flexibility index (Phi) is 4.43. The number of hydrogen-bond donors (Lipinski definition) is 1. The van der Waals surface area contributed by atoms with Crippen molar-refractivity contribution in [2.45, 2.75) is 32.7 Å². The Morgan fingerprint density at radius 2 is 2.21 bits per heavy atom. The van der Waals surface area contributed by atoms with Crippen LogP contribution in [-0.4, -0.2) is 41.7 Å². The van der Waals surface area contributed by atoms with E-state index in [0.717, 1.165) is 30.7 Å². The Balaban J connectivity index is 1.91. The fraction of sp³-hybridized carbons (Fsp3) is 0.533. The summed E-state index contributed by atoms with van der Waals surface area (Å²) in [6.07, 6.45) is 1.84. The number of benzene rings is 1. The number of carbonyl (C=O) groups excluding carboxylic acids is 1. The number of carbonyl (C=O) groups is 1. The third-order valence-corrected chi connectivity index (χ3v) is 3.75. The Bertz CT molecular complexity index is 459. The molecule has 0 spiro atoms. The summed E-state index contributed by atoms with van der Waals surface area (Å²) in [6.45, 7) is 4.86. The fourth-order valence-corrected chi connectivity index (χ4v) is 2.39. The molecule has 1 aromatic rings. The summed E-state index contributed by atoms with van der Waals surface area (Å²) in [5, 5.41) is 9.20. The number of amides is 1. The van der Waals surface area contributed by atoms with Gasteiger partial charge in [-0.25, -0.2) is 0 Å². The molecule has 4 heteroatoms. The molecule has 19 heavy (non-hydrogen) atoms. The molecule has 1 fully saturated rings. The van der Waals surface area contributed by atoms with Crippen molar-refractivity contribution in [1.29, 1.82) is 0 Å². The first-order valence-electron chi connectivity index (χ1n) is 6.72. The molecule has 104 valence electrons. The van der Waals surface area contributed by atoms with Gasteiger partial charge in [-0.2, -0.15) is 0 Å². The van der Waals surface area contributed by atoms with Crippen molar-refractivity contribution in [3.8, 4) is 5.75 Å². The molecule has 1 saturated heterocycles. The van der Waals surface area contributed by atoms with Gasteiger partial charge in [0.05, 0.1) is 12.6 Å². The van der Waals surface area contributed by atoms with Gasteiger partial charge in [-0.15, -0.1) is 0 Å². The zero-order chi connectivity index (χ0) is 13.8. The summed E-state index contributed by atoms with van der Waals surface area (Å²) in [5.74, 6) is 0.672. The van der Waals surface area contributed by atoms with Crippen LogP contribution in [0.1, 0.15) is 24.0 Å². The number of likely N-dealkylation sites (tertiary alicyclic amines) is 1. The maximum absolute atomic E-state index is 12.0. The Morgan fingerprint density at radius 3 is 2.89 bits per heavy atom. The van der Waals surface area contributed by atoms with E-state index in [1.54, 1.807) is 4.90 Å². The van der Waals surface area contributed by atoms with Gasteiger partial charge in [0.25, 0.3) is 5.91 Å². The Hall–Kier alpha value is -1.55. The van der Waals surface area contributed by atoms with E-state index in [2.05, 4.69) is 0 Å². The van der Waals surface area contributed by atoms with Crippen LogP contribution in [0.3, 0.4) is 0 Å². The van der Waals surface area contributed by atoms with E-state index in [1.807, 2.05) is 32.0 Å². The van der Waals surface area contributed by atoms with Crippen molar-refractivity contribution in [2.24, 2.45) is 0 Å². The quantitative estimate of drug-likeness (QED) is 0.899. The Morgan fingerprint density at radius 1 is 1.42 bits per heavy atom. The minimum Gasteiger partial charge on any atom is -0.484 e. The normalized spacial score (nSPS) is 18.7. The molecule has 1 heterocycles. The molecule has 1 amide bonds. The first kappa shape index (κ1) is 13.9. The second kappa shape index (κ2) is 6.06. The topological polar surface area (TPSA) is 49.8 Å². The molecule has 0 bridgehead atoms. The van der Waals surface area contributed by atoms with Gasteiger partial charge in [0.15, 0.2) is 6.61 Å². The van der Waals surface area contributed by atoms with Crippen LogP contribution in [0, 0.1) is 13.8 Å². The van der Waals surface area contributed by atoms with Crippen molar-refractivity contribution in [2.75, 3.05) is 19.8 Å². The van der Waals surface area contributed by atoms with Crippen molar-refractivity contribution < 1.29 is 14.6 Å². The molecule has 2 rings (SSSR count). The minimum absolute atomic E-state index is 0.0316. The molecule has 1 N–H and O–H groups in total. The third kappa shape index (κ3) is 3.26. The number of nitrogens with zero attached hydrogens (tertiary/aromatic N) is 1. The zero-order valence-corrected chi connectivity index (χ0v) is 11.6. The molecule has 1 aliphatic heterocycles. The molecule has 0 aliphatic carbocycles. The summed E-state index contributed by atoms with van der Waals surface area (Å²) in [5.41, 5.74) is 2.36. The second-order valence-electron chi connectivity index (χ2n) is 5.10.